The first kappa shape index (κ1) is 42.8. The van der Waals surface area contributed by atoms with Gasteiger partial charge in [-0.2, -0.15) is 0 Å². The van der Waals surface area contributed by atoms with E-state index in [9.17, 15) is 0 Å². The maximum Gasteiger partial charge on any atom is 0.252 e. The highest BCUT2D eigenvalue weighted by molar-refractivity contribution is 7.00. The Kier molecular flexibility index (Phi) is 7.36. The molecule has 3 nitrogen and oxygen atoms in total. The van der Waals surface area contributed by atoms with E-state index in [2.05, 4.69) is 242 Å². The first-order valence-corrected chi connectivity index (χ1v) is 27.6. The van der Waals surface area contributed by atoms with E-state index in [4.69, 9.17) is 0 Å². The molecule has 4 aliphatic rings. The van der Waals surface area contributed by atoms with Gasteiger partial charge in [0.1, 0.15) is 0 Å². The Morgan fingerprint density at radius 2 is 0.920 bits per heavy atom. The molecule has 1 spiro atoms. The van der Waals surface area contributed by atoms with E-state index in [1.54, 1.807) is 0 Å². The van der Waals surface area contributed by atoms with Crippen LogP contribution in [0.3, 0.4) is 0 Å². The maximum atomic E-state index is 2.81. The van der Waals surface area contributed by atoms with Crippen molar-refractivity contribution in [3.05, 3.63) is 190 Å². The van der Waals surface area contributed by atoms with Gasteiger partial charge in [0.25, 0.3) is 6.71 Å². The molecule has 0 radical (unpaired) electrons. The third-order valence-corrected chi connectivity index (χ3v) is 19.1. The van der Waals surface area contributed by atoms with Crippen LogP contribution in [0.15, 0.2) is 146 Å². The number of para-hydroxylation sites is 3. The molecule has 75 heavy (non-hydrogen) atoms. The van der Waals surface area contributed by atoms with Crippen LogP contribution in [0.4, 0.5) is 0 Å². The molecule has 1 aliphatic carbocycles. The van der Waals surface area contributed by atoms with Gasteiger partial charge < -0.3 is 13.5 Å². The van der Waals surface area contributed by atoms with Crippen LogP contribution < -0.4 is 16.4 Å². The van der Waals surface area contributed by atoms with Gasteiger partial charge in [0, 0.05) is 60.0 Å². The van der Waals surface area contributed by atoms with Gasteiger partial charge in [0.05, 0.1) is 38.5 Å². The van der Waals surface area contributed by atoms with Crippen LogP contribution in [0.5, 0.6) is 0 Å². The molecule has 9 aromatic carbocycles. The van der Waals surface area contributed by atoms with Gasteiger partial charge in [0.15, 0.2) is 0 Å². The fourth-order valence-corrected chi connectivity index (χ4v) is 15.6. The predicted octanol–water partition coefficient (Wildman–Crippen LogP) is 16.0. The Morgan fingerprint density at radius 1 is 0.360 bits per heavy atom. The monoisotopic (exact) mass is 965 g/mol. The minimum atomic E-state index is -0.611. The normalized spacial score (nSPS) is 15.3. The van der Waals surface area contributed by atoms with Crippen LogP contribution >= 0.6 is 0 Å². The Labute approximate surface area is 438 Å². The Hall–Kier alpha value is -7.56. The average molecular weight is 966 g/mol. The lowest BCUT2D eigenvalue weighted by atomic mass is 9.33. The number of benzene rings is 9. The number of aromatic nitrogens is 3. The molecular weight excluding hydrogens is 906 g/mol. The van der Waals surface area contributed by atoms with Crippen molar-refractivity contribution in [2.24, 2.45) is 0 Å². The summed E-state index contributed by atoms with van der Waals surface area (Å²) in [5.41, 5.74) is 29.1. The van der Waals surface area contributed by atoms with Crippen molar-refractivity contribution in [2.45, 2.75) is 110 Å². The van der Waals surface area contributed by atoms with E-state index in [0.717, 1.165) is 0 Å². The molecule has 7 heterocycles. The molecule has 0 unspecified atom stereocenters. The van der Waals surface area contributed by atoms with E-state index >= 15 is 0 Å². The molecule has 4 aromatic heterocycles. The van der Waals surface area contributed by atoms with Crippen molar-refractivity contribution in [3.63, 3.8) is 0 Å². The van der Waals surface area contributed by atoms with Gasteiger partial charge in [-0.05, 0) is 130 Å². The zero-order chi connectivity index (χ0) is 51.1. The summed E-state index contributed by atoms with van der Waals surface area (Å²) in [6.07, 6.45) is 0. The molecule has 4 heteroatoms. The lowest BCUT2D eigenvalue weighted by molar-refractivity contribution is 0.583. The zero-order valence-electron chi connectivity index (χ0n) is 45.3. The zero-order valence-corrected chi connectivity index (χ0v) is 45.3. The SMILES string of the molecule is CC(C)(C)c1ccc2c(c1)C1(c3cc(C(C)(C)C)ccc3-2)c2ccc3c4c2-n2c5c(cc(C(C)(C)C)cc5c5cc(C(C)(C)C)cc1c52)B4c1cc2c(c4cccc5c6ccccc6n2c54)c2c4ccccc4n-3c12. The largest absolute Gasteiger partial charge is 0.310 e. The minimum Gasteiger partial charge on any atom is -0.310 e. The molecule has 0 bridgehead atoms. The molecule has 0 saturated heterocycles. The van der Waals surface area contributed by atoms with Gasteiger partial charge in [-0.1, -0.05) is 192 Å². The summed E-state index contributed by atoms with van der Waals surface area (Å²) < 4.78 is 8.13. The first-order chi connectivity index (χ1) is 35.8. The van der Waals surface area contributed by atoms with Gasteiger partial charge in [-0.3, -0.25) is 0 Å². The second kappa shape index (κ2) is 12.9. The summed E-state index contributed by atoms with van der Waals surface area (Å²) in [6, 6.07) is 58.8. The van der Waals surface area contributed by atoms with Crippen LogP contribution in [0.1, 0.15) is 128 Å². The van der Waals surface area contributed by atoms with E-state index in [1.807, 2.05) is 0 Å². The fraction of sp³-hybridized carbons (Fsp3) is 0.239. The van der Waals surface area contributed by atoms with E-state index in [1.165, 1.54) is 165 Å². The van der Waals surface area contributed by atoms with Gasteiger partial charge in [-0.25, -0.2) is 0 Å². The van der Waals surface area contributed by atoms with Gasteiger partial charge in [0.2, 0.25) is 0 Å². The average Bonchev–Trinajstić information content (AvgIpc) is 4.38. The summed E-state index contributed by atoms with van der Waals surface area (Å²) in [4.78, 5) is 0. The van der Waals surface area contributed by atoms with Crippen LogP contribution in [-0.2, 0) is 27.1 Å². The van der Waals surface area contributed by atoms with Crippen molar-refractivity contribution in [3.8, 4) is 22.5 Å². The Balaban J connectivity index is 1.15. The van der Waals surface area contributed by atoms with Crippen molar-refractivity contribution < 1.29 is 0 Å². The lowest BCUT2D eigenvalue weighted by Gasteiger charge is -2.45. The van der Waals surface area contributed by atoms with E-state index in [-0.39, 0.29) is 28.4 Å². The molecule has 0 N–H and O–H groups in total. The molecule has 0 saturated carbocycles. The highest BCUT2D eigenvalue weighted by Crippen LogP contribution is 2.63. The summed E-state index contributed by atoms with van der Waals surface area (Å²) >= 11 is 0. The molecule has 13 aromatic rings. The Morgan fingerprint density at radius 3 is 1.59 bits per heavy atom. The summed E-state index contributed by atoms with van der Waals surface area (Å²) in [6.45, 7) is 28.8. The summed E-state index contributed by atoms with van der Waals surface area (Å²) in [5.74, 6) is 0. The van der Waals surface area contributed by atoms with Crippen LogP contribution in [-0.4, -0.2) is 20.2 Å². The highest BCUT2D eigenvalue weighted by Gasteiger charge is 2.55. The van der Waals surface area contributed by atoms with Crippen LogP contribution in [0, 0.1) is 0 Å². The van der Waals surface area contributed by atoms with E-state index in [0.29, 0.717) is 0 Å². The minimum absolute atomic E-state index is 0.0370. The van der Waals surface area contributed by atoms with Crippen molar-refractivity contribution in [2.75, 3.05) is 0 Å². The third kappa shape index (κ3) is 4.81. The quantitative estimate of drug-likeness (QED) is 0.135. The molecule has 0 atom stereocenters. The topological polar surface area (TPSA) is 14.3 Å². The van der Waals surface area contributed by atoms with Crippen molar-refractivity contribution in [1.82, 2.24) is 13.5 Å². The number of rotatable bonds is 0. The van der Waals surface area contributed by atoms with Crippen LogP contribution in [0.25, 0.3) is 104 Å². The van der Waals surface area contributed by atoms with Gasteiger partial charge >= 0.3 is 0 Å². The molecule has 3 aliphatic heterocycles. The third-order valence-electron chi connectivity index (χ3n) is 19.1. The second-order valence-electron chi connectivity index (χ2n) is 27.3. The summed E-state index contributed by atoms with van der Waals surface area (Å²) in [7, 11) is 0. The first-order valence-electron chi connectivity index (χ1n) is 27.6. The molecule has 0 amide bonds. The molecule has 362 valence electrons. The predicted molar refractivity (Wildman–Crippen MR) is 320 cm³/mol. The van der Waals surface area contributed by atoms with E-state index < -0.39 is 5.41 Å². The maximum absolute atomic E-state index is 2.81. The van der Waals surface area contributed by atoms with Crippen molar-refractivity contribution >= 4 is 105 Å². The number of fused-ring (bicyclic) bond motifs is 21. The Bertz CT molecular complexity index is 4800. The number of hydrogen-bond donors (Lipinski definition) is 0. The smallest absolute Gasteiger partial charge is 0.252 e. The molecule has 17 rings (SSSR count). The standard InChI is InChI=1S/C71H60BN3/c1-67(2,3)37-24-26-41-42-27-25-38(68(4,5)6)33-51(42)71(50(41)32-37)49-28-29-57-61-65(49)75-63-47(30-39(34-52(63)71)69(7,8)9)48-31-40(70(10,11)12)35-53(64(48)75)72(61)54-36-58-59(60-45-19-14-16-23-56(45)73(57)66(54)60)46-21-17-20-44-43-18-13-15-22-55(43)74(58)62(44)46/h13-36H,1-12H3. The molecular formula is C71H60BN3. The van der Waals surface area contributed by atoms with Crippen molar-refractivity contribution in [1.29, 1.82) is 0 Å². The fourth-order valence-electron chi connectivity index (χ4n) is 15.6. The number of nitrogens with zero attached hydrogens (tertiary/aromatic N) is 3. The van der Waals surface area contributed by atoms with Crippen LogP contribution in [0.2, 0.25) is 0 Å². The summed E-state index contributed by atoms with van der Waals surface area (Å²) in [5, 5.41) is 10.8. The second-order valence-corrected chi connectivity index (χ2v) is 27.3. The lowest BCUT2D eigenvalue weighted by Crippen LogP contribution is -2.60. The highest BCUT2D eigenvalue weighted by atomic mass is 15.1. The molecule has 0 fully saturated rings. The number of hydrogen-bond acceptors (Lipinski definition) is 0. The van der Waals surface area contributed by atoms with Gasteiger partial charge in [-0.15, -0.1) is 0 Å².